The number of esters is 1. The van der Waals surface area contributed by atoms with E-state index in [0.717, 1.165) is 25.7 Å². The lowest BCUT2D eigenvalue weighted by atomic mass is 9.88. The van der Waals surface area contributed by atoms with Crippen LogP contribution in [0.25, 0.3) is 0 Å². The molecule has 0 aromatic carbocycles. The Morgan fingerprint density at radius 1 is 1.29 bits per heavy atom. The third-order valence-corrected chi connectivity index (χ3v) is 3.68. The van der Waals surface area contributed by atoms with Gasteiger partial charge in [-0.15, -0.1) is 0 Å². The predicted molar refractivity (Wildman–Crippen MR) is 68.5 cm³/mol. The first-order chi connectivity index (χ1) is 8.08. The molecule has 92 valence electrons. The van der Waals surface area contributed by atoms with Crippen molar-refractivity contribution < 1.29 is 9.53 Å². The van der Waals surface area contributed by atoms with Crippen LogP contribution in [-0.4, -0.2) is 12.1 Å². The van der Waals surface area contributed by atoms with Crippen LogP contribution < -0.4 is 0 Å². The fourth-order valence-corrected chi connectivity index (χ4v) is 2.51. The summed E-state index contributed by atoms with van der Waals surface area (Å²) in [6.07, 6.45) is 8.45. The van der Waals surface area contributed by atoms with Gasteiger partial charge < -0.3 is 4.74 Å². The van der Waals surface area contributed by atoms with Gasteiger partial charge in [0.2, 0.25) is 0 Å². The Morgan fingerprint density at radius 3 is 2.82 bits per heavy atom. The van der Waals surface area contributed by atoms with Crippen LogP contribution in [0.3, 0.4) is 0 Å². The molecule has 1 saturated heterocycles. The average Bonchev–Trinajstić information content (AvgIpc) is 2.52. The van der Waals surface area contributed by atoms with Crippen molar-refractivity contribution in [2.24, 2.45) is 5.92 Å². The van der Waals surface area contributed by atoms with E-state index in [1.165, 1.54) is 11.1 Å². The van der Waals surface area contributed by atoms with Gasteiger partial charge in [-0.3, -0.25) is 0 Å². The van der Waals surface area contributed by atoms with Crippen LogP contribution >= 0.6 is 0 Å². The van der Waals surface area contributed by atoms with E-state index < -0.39 is 0 Å². The second-order valence-electron chi connectivity index (χ2n) is 5.14. The number of rotatable bonds is 0. The summed E-state index contributed by atoms with van der Waals surface area (Å²) in [5.41, 5.74) is 3.35. The second kappa shape index (κ2) is 4.91. The maximum absolute atomic E-state index is 11.6. The molecule has 0 aromatic rings. The van der Waals surface area contributed by atoms with Gasteiger partial charge in [-0.2, -0.15) is 0 Å². The molecule has 0 N–H and O–H groups in total. The number of allylic oxidation sites excluding steroid dienone is 3. The van der Waals surface area contributed by atoms with Crippen molar-refractivity contribution >= 4 is 5.97 Å². The number of carbonyl (C=O) groups is 1. The summed E-state index contributed by atoms with van der Waals surface area (Å²) in [5, 5.41) is 0. The Labute approximate surface area is 103 Å². The highest BCUT2D eigenvalue weighted by Gasteiger charge is 2.36. The Bertz CT molecular complexity index is 401. The molecule has 0 radical (unpaired) electrons. The summed E-state index contributed by atoms with van der Waals surface area (Å²) in [4.78, 5) is 11.6. The van der Waals surface area contributed by atoms with E-state index in [1.807, 2.05) is 0 Å². The van der Waals surface area contributed by atoms with Gasteiger partial charge in [0.15, 0.2) is 0 Å². The highest BCUT2D eigenvalue weighted by atomic mass is 16.5. The molecule has 2 rings (SSSR count). The Balaban J connectivity index is 2.24. The van der Waals surface area contributed by atoms with Crippen molar-refractivity contribution in [2.45, 2.75) is 45.6 Å². The lowest BCUT2D eigenvalue weighted by Gasteiger charge is -2.17. The van der Waals surface area contributed by atoms with Crippen LogP contribution in [0.5, 0.6) is 0 Å². The molecular weight excluding hydrogens is 212 g/mol. The molecular formula is C15H20O2. The molecule has 17 heavy (non-hydrogen) atoms. The molecule has 1 heterocycles. The van der Waals surface area contributed by atoms with Crippen LogP contribution in [0.15, 0.2) is 35.5 Å². The summed E-state index contributed by atoms with van der Waals surface area (Å²) in [5.74, 6) is -0.0520. The number of fused-ring (bicyclic) bond motifs is 1. The summed E-state index contributed by atoms with van der Waals surface area (Å²) < 4.78 is 5.38. The van der Waals surface area contributed by atoms with E-state index in [1.54, 1.807) is 0 Å². The van der Waals surface area contributed by atoms with E-state index >= 15 is 0 Å². The Morgan fingerprint density at radius 2 is 2.06 bits per heavy atom. The van der Waals surface area contributed by atoms with Crippen molar-refractivity contribution in [3.05, 3.63) is 35.5 Å². The number of carbonyl (C=O) groups excluding carboxylic acids is 1. The van der Waals surface area contributed by atoms with Crippen molar-refractivity contribution in [1.29, 1.82) is 0 Å². The highest BCUT2D eigenvalue weighted by Crippen LogP contribution is 2.33. The average molecular weight is 232 g/mol. The first kappa shape index (κ1) is 12.2. The van der Waals surface area contributed by atoms with Crippen molar-refractivity contribution in [3.63, 3.8) is 0 Å². The largest absolute Gasteiger partial charge is 0.454 e. The molecule has 0 bridgehead atoms. The minimum atomic E-state index is -0.218. The van der Waals surface area contributed by atoms with Crippen molar-refractivity contribution in [1.82, 2.24) is 0 Å². The summed E-state index contributed by atoms with van der Waals surface area (Å²) in [6, 6.07) is 0. The predicted octanol–water partition coefficient (Wildman–Crippen LogP) is 3.55. The summed E-state index contributed by atoms with van der Waals surface area (Å²) in [6.45, 7) is 8.14. The molecule has 1 aliphatic heterocycles. The molecule has 1 aliphatic carbocycles. The minimum absolute atomic E-state index is 0.0825. The van der Waals surface area contributed by atoms with E-state index in [4.69, 9.17) is 4.74 Å². The molecule has 2 nitrogen and oxygen atoms in total. The maximum Gasteiger partial charge on any atom is 0.334 e. The maximum atomic E-state index is 11.6. The van der Waals surface area contributed by atoms with Crippen molar-refractivity contribution in [2.75, 3.05) is 0 Å². The van der Waals surface area contributed by atoms with E-state index in [-0.39, 0.29) is 18.0 Å². The standard InChI is InChI=1S/C15H20O2/c1-10-5-4-6-11(2)9-14-13(8-7-10)12(3)15(16)17-14/h5,9,13-14H,3-4,6-8H2,1-2H3/b10-5+,11-9+/t13-,14-/m0/s1. The fraction of sp³-hybridized carbons (Fsp3) is 0.533. The zero-order chi connectivity index (χ0) is 12.4. The zero-order valence-electron chi connectivity index (χ0n) is 10.7. The highest BCUT2D eigenvalue weighted by molar-refractivity contribution is 5.91. The quantitative estimate of drug-likeness (QED) is 0.363. The van der Waals surface area contributed by atoms with Gasteiger partial charge in [0.05, 0.1) is 0 Å². The van der Waals surface area contributed by atoms with Gasteiger partial charge in [-0.05, 0) is 45.6 Å². The van der Waals surface area contributed by atoms with Gasteiger partial charge in [-0.25, -0.2) is 4.79 Å². The van der Waals surface area contributed by atoms with Gasteiger partial charge in [0, 0.05) is 11.5 Å². The van der Waals surface area contributed by atoms with E-state index in [2.05, 4.69) is 32.6 Å². The molecule has 0 saturated carbocycles. The van der Waals surface area contributed by atoms with Gasteiger partial charge in [0.1, 0.15) is 6.10 Å². The van der Waals surface area contributed by atoms with Gasteiger partial charge in [0.25, 0.3) is 0 Å². The second-order valence-corrected chi connectivity index (χ2v) is 5.14. The smallest absolute Gasteiger partial charge is 0.334 e. The first-order valence-electron chi connectivity index (χ1n) is 6.30. The summed E-state index contributed by atoms with van der Waals surface area (Å²) >= 11 is 0. The normalized spacial score (nSPS) is 36.4. The molecule has 0 aromatic heterocycles. The monoisotopic (exact) mass is 232 g/mol. The van der Waals surface area contributed by atoms with Crippen LogP contribution in [0.4, 0.5) is 0 Å². The van der Waals surface area contributed by atoms with Gasteiger partial charge in [-0.1, -0.05) is 23.8 Å². The lowest BCUT2D eigenvalue weighted by Crippen LogP contribution is -2.15. The summed E-state index contributed by atoms with van der Waals surface area (Å²) in [7, 11) is 0. The molecule has 2 atom stereocenters. The Kier molecular flexibility index (Phi) is 3.51. The minimum Gasteiger partial charge on any atom is -0.454 e. The van der Waals surface area contributed by atoms with E-state index in [0.29, 0.717) is 5.57 Å². The Hall–Kier alpha value is -1.31. The molecule has 0 amide bonds. The molecule has 2 aliphatic rings. The number of hydrogen-bond donors (Lipinski definition) is 0. The zero-order valence-corrected chi connectivity index (χ0v) is 10.7. The molecule has 0 spiro atoms. The van der Waals surface area contributed by atoms with Gasteiger partial charge >= 0.3 is 5.97 Å². The molecule has 2 heteroatoms. The van der Waals surface area contributed by atoms with Crippen LogP contribution in [0.1, 0.15) is 39.5 Å². The molecule has 1 fully saturated rings. The molecule has 0 unspecified atom stereocenters. The van der Waals surface area contributed by atoms with Crippen LogP contribution in [0, 0.1) is 5.92 Å². The SMILES string of the molecule is C=C1C(=O)O[C@H]2/C=C(\C)CC/C=C(\C)CC[C@@H]12. The number of ether oxygens (including phenoxy) is 1. The van der Waals surface area contributed by atoms with E-state index in [9.17, 15) is 4.79 Å². The van der Waals surface area contributed by atoms with Crippen LogP contribution in [-0.2, 0) is 9.53 Å². The lowest BCUT2D eigenvalue weighted by molar-refractivity contribution is -0.137. The van der Waals surface area contributed by atoms with Crippen LogP contribution in [0.2, 0.25) is 0 Å². The third kappa shape index (κ3) is 2.68. The fourth-order valence-electron chi connectivity index (χ4n) is 2.51. The van der Waals surface area contributed by atoms with Crippen molar-refractivity contribution in [3.8, 4) is 0 Å². The third-order valence-electron chi connectivity index (χ3n) is 3.68. The first-order valence-corrected chi connectivity index (χ1v) is 6.30. The topological polar surface area (TPSA) is 26.3 Å². The number of hydrogen-bond acceptors (Lipinski definition) is 2.